The Morgan fingerprint density at radius 2 is 2.21 bits per heavy atom. The van der Waals surface area contributed by atoms with E-state index in [2.05, 4.69) is 11.0 Å². The molecule has 0 amide bonds. The molecular weight excluding hydrogens is 174 g/mol. The molecule has 0 radical (unpaired) electrons. The van der Waals surface area contributed by atoms with Crippen LogP contribution in [0.4, 0.5) is 5.69 Å². The zero-order chi connectivity index (χ0) is 9.54. The first-order valence-corrected chi connectivity index (χ1v) is 5.38. The molecule has 2 aliphatic rings. The maximum atomic E-state index is 9.42. The van der Waals surface area contributed by atoms with Crippen molar-refractivity contribution in [3.8, 4) is 5.75 Å². The fraction of sp³-hybridized carbons (Fsp3) is 0.500. The summed E-state index contributed by atoms with van der Waals surface area (Å²) >= 11 is 0. The van der Waals surface area contributed by atoms with E-state index < -0.39 is 0 Å². The lowest BCUT2D eigenvalue weighted by atomic mass is 10.1. The summed E-state index contributed by atoms with van der Waals surface area (Å²) < 4.78 is 0. The van der Waals surface area contributed by atoms with Crippen LogP contribution in [0.3, 0.4) is 0 Å². The summed E-state index contributed by atoms with van der Waals surface area (Å²) in [4.78, 5) is 2.45. The van der Waals surface area contributed by atoms with Crippen LogP contribution in [0.15, 0.2) is 24.3 Å². The highest BCUT2D eigenvalue weighted by molar-refractivity contribution is 5.52. The molecule has 1 aliphatic heterocycles. The van der Waals surface area contributed by atoms with Crippen molar-refractivity contribution >= 4 is 5.69 Å². The Balaban J connectivity index is 1.89. The SMILES string of the molecule is Oc1cccc(N2CC3CCC2C3)c1. The molecule has 0 aromatic heterocycles. The number of hydrogen-bond acceptors (Lipinski definition) is 2. The van der Waals surface area contributed by atoms with Gasteiger partial charge in [0.1, 0.15) is 5.75 Å². The molecule has 2 nitrogen and oxygen atoms in total. The second-order valence-corrected chi connectivity index (χ2v) is 4.51. The van der Waals surface area contributed by atoms with E-state index in [1.807, 2.05) is 12.1 Å². The van der Waals surface area contributed by atoms with Crippen LogP contribution in [0, 0.1) is 5.92 Å². The Morgan fingerprint density at radius 1 is 1.29 bits per heavy atom. The van der Waals surface area contributed by atoms with Gasteiger partial charge in [-0.1, -0.05) is 6.07 Å². The van der Waals surface area contributed by atoms with Crippen LogP contribution in [0.1, 0.15) is 19.3 Å². The lowest BCUT2D eigenvalue weighted by Crippen LogP contribution is -2.31. The van der Waals surface area contributed by atoms with Gasteiger partial charge < -0.3 is 10.0 Å². The predicted octanol–water partition coefficient (Wildman–Crippen LogP) is 2.38. The zero-order valence-electron chi connectivity index (χ0n) is 8.19. The van der Waals surface area contributed by atoms with E-state index in [4.69, 9.17) is 0 Å². The maximum Gasteiger partial charge on any atom is 0.117 e. The summed E-state index contributed by atoms with van der Waals surface area (Å²) in [7, 11) is 0. The smallest absolute Gasteiger partial charge is 0.117 e. The minimum absolute atomic E-state index is 0.380. The molecular formula is C12H15NO. The fourth-order valence-electron chi connectivity index (χ4n) is 2.91. The maximum absolute atomic E-state index is 9.42. The van der Waals surface area contributed by atoms with Gasteiger partial charge in [-0.3, -0.25) is 0 Å². The number of nitrogens with zero attached hydrogens (tertiary/aromatic N) is 1. The first kappa shape index (κ1) is 8.16. The zero-order valence-corrected chi connectivity index (χ0v) is 8.19. The molecule has 1 aromatic rings. The van der Waals surface area contributed by atoms with Gasteiger partial charge in [0.25, 0.3) is 0 Å². The standard InChI is InChI=1S/C12H15NO/c14-12-3-1-2-10(7-12)13-8-9-4-5-11(13)6-9/h1-3,7,9,11,14H,4-6,8H2. The largest absolute Gasteiger partial charge is 0.508 e. The van der Waals surface area contributed by atoms with Crippen LogP contribution in [0.2, 0.25) is 0 Å². The van der Waals surface area contributed by atoms with Crippen LogP contribution in [0.5, 0.6) is 5.75 Å². The second-order valence-electron chi connectivity index (χ2n) is 4.51. The number of benzene rings is 1. The highest BCUT2D eigenvalue weighted by atomic mass is 16.3. The Hall–Kier alpha value is -1.18. The lowest BCUT2D eigenvalue weighted by molar-refractivity contribution is 0.474. The van der Waals surface area contributed by atoms with Crippen LogP contribution < -0.4 is 4.90 Å². The van der Waals surface area contributed by atoms with Crippen molar-refractivity contribution in [2.45, 2.75) is 25.3 Å². The van der Waals surface area contributed by atoms with Gasteiger partial charge in [0.05, 0.1) is 0 Å². The summed E-state index contributed by atoms with van der Waals surface area (Å²) in [5.74, 6) is 1.28. The van der Waals surface area contributed by atoms with Crippen molar-refractivity contribution < 1.29 is 5.11 Å². The molecule has 0 spiro atoms. The van der Waals surface area contributed by atoms with Crippen molar-refractivity contribution in [3.63, 3.8) is 0 Å². The van der Waals surface area contributed by atoms with Gasteiger partial charge in [0.2, 0.25) is 0 Å². The van der Waals surface area contributed by atoms with E-state index in [-0.39, 0.29) is 0 Å². The van der Waals surface area contributed by atoms with Crippen molar-refractivity contribution in [2.24, 2.45) is 5.92 Å². The number of fused-ring (bicyclic) bond motifs is 2. The Labute approximate surface area is 84.2 Å². The molecule has 74 valence electrons. The molecule has 2 atom stereocenters. The van der Waals surface area contributed by atoms with Crippen molar-refractivity contribution in [3.05, 3.63) is 24.3 Å². The van der Waals surface area contributed by atoms with E-state index in [9.17, 15) is 5.11 Å². The number of aromatic hydroxyl groups is 1. The third-order valence-corrected chi connectivity index (χ3v) is 3.57. The average molecular weight is 189 g/mol. The van der Waals surface area contributed by atoms with E-state index in [1.165, 1.54) is 31.5 Å². The molecule has 3 rings (SSSR count). The lowest BCUT2D eigenvalue weighted by Gasteiger charge is -2.29. The number of piperidine rings is 1. The molecule has 2 fully saturated rings. The first-order chi connectivity index (χ1) is 6.83. The number of hydrogen-bond donors (Lipinski definition) is 1. The molecule has 1 heterocycles. The average Bonchev–Trinajstić information content (AvgIpc) is 2.78. The normalized spacial score (nSPS) is 29.9. The molecule has 1 aliphatic carbocycles. The van der Waals surface area contributed by atoms with Gasteiger partial charge in [-0.2, -0.15) is 0 Å². The summed E-state index contributed by atoms with van der Waals surface area (Å²) in [6.07, 6.45) is 4.09. The third-order valence-electron chi connectivity index (χ3n) is 3.57. The minimum Gasteiger partial charge on any atom is -0.508 e. The highest BCUT2D eigenvalue weighted by Crippen LogP contribution is 2.40. The predicted molar refractivity (Wildman–Crippen MR) is 56.6 cm³/mol. The Kier molecular flexibility index (Phi) is 1.69. The topological polar surface area (TPSA) is 23.5 Å². The Morgan fingerprint density at radius 3 is 2.86 bits per heavy atom. The number of phenolic OH excluding ortho intramolecular Hbond substituents is 1. The summed E-state index contributed by atoms with van der Waals surface area (Å²) in [5, 5.41) is 9.42. The quantitative estimate of drug-likeness (QED) is 0.733. The molecule has 2 unspecified atom stereocenters. The van der Waals surface area contributed by atoms with E-state index >= 15 is 0 Å². The van der Waals surface area contributed by atoms with Gasteiger partial charge in [-0.05, 0) is 37.3 Å². The number of phenols is 1. The minimum atomic E-state index is 0.380. The molecule has 1 saturated carbocycles. The fourth-order valence-corrected chi connectivity index (χ4v) is 2.91. The number of anilines is 1. The van der Waals surface area contributed by atoms with Crippen LogP contribution in [-0.2, 0) is 0 Å². The third kappa shape index (κ3) is 1.17. The van der Waals surface area contributed by atoms with Crippen LogP contribution >= 0.6 is 0 Å². The first-order valence-electron chi connectivity index (χ1n) is 5.38. The summed E-state index contributed by atoms with van der Waals surface area (Å²) in [5.41, 5.74) is 1.19. The molecule has 1 N–H and O–H groups in total. The molecule has 2 bridgehead atoms. The molecule has 1 aromatic carbocycles. The summed E-state index contributed by atoms with van der Waals surface area (Å²) in [6.45, 7) is 1.19. The van der Waals surface area contributed by atoms with Gasteiger partial charge in [-0.15, -0.1) is 0 Å². The Bertz CT molecular complexity index is 350. The van der Waals surface area contributed by atoms with E-state index in [1.54, 1.807) is 6.07 Å². The van der Waals surface area contributed by atoms with Crippen molar-refractivity contribution in [1.29, 1.82) is 0 Å². The van der Waals surface area contributed by atoms with Gasteiger partial charge in [0, 0.05) is 24.3 Å². The van der Waals surface area contributed by atoms with Gasteiger partial charge >= 0.3 is 0 Å². The van der Waals surface area contributed by atoms with Gasteiger partial charge in [0.15, 0.2) is 0 Å². The van der Waals surface area contributed by atoms with E-state index in [0.717, 1.165) is 12.0 Å². The van der Waals surface area contributed by atoms with Gasteiger partial charge in [-0.25, -0.2) is 0 Å². The van der Waals surface area contributed by atoms with Crippen LogP contribution in [0.25, 0.3) is 0 Å². The molecule has 14 heavy (non-hydrogen) atoms. The molecule has 1 saturated heterocycles. The van der Waals surface area contributed by atoms with Crippen molar-refractivity contribution in [2.75, 3.05) is 11.4 Å². The molecule has 2 heteroatoms. The second kappa shape index (κ2) is 2.91. The van der Waals surface area contributed by atoms with Crippen molar-refractivity contribution in [1.82, 2.24) is 0 Å². The van der Waals surface area contributed by atoms with Crippen LogP contribution in [-0.4, -0.2) is 17.7 Å². The highest BCUT2D eigenvalue weighted by Gasteiger charge is 2.37. The summed E-state index contributed by atoms with van der Waals surface area (Å²) in [6, 6.07) is 8.37. The van der Waals surface area contributed by atoms with E-state index in [0.29, 0.717) is 5.75 Å². The number of rotatable bonds is 1. The monoisotopic (exact) mass is 189 g/mol.